The first-order valence-corrected chi connectivity index (χ1v) is 14.3. The minimum atomic E-state index is -4.39. The first kappa shape index (κ1) is 28.1. The third kappa shape index (κ3) is 7.33. The van der Waals surface area contributed by atoms with Gasteiger partial charge in [0.25, 0.3) is 0 Å². The van der Waals surface area contributed by atoms with Gasteiger partial charge in [-0.15, -0.1) is 34.9 Å². The van der Waals surface area contributed by atoms with Gasteiger partial charge in [0, 0.05) is 31.2 Å². The number of hydrogen-bond acceptors (Lipinski definition) is 6. The topological polar surface area (TPSA) is 59.4 Å². The van der Waals surface area contributed by atoms with E-state index in [1.807, 2.05) is 49.4 Å². The lowest BCUT2D eigenvalue weighted by Gasteiger charge is -2.13. The molecule has 0 saturated carbocycles. The number of carbonyl (C=O) groups is 1. The molecule has 3 aromatic carbocycles. The van der Waals surface area contributed by atoms with E-state index < -0.39 is 24.3 Å². The Hall–Kier alpha value is -2.95. The quantitative estimate of drug-likeness (QED) is 0.191. The predicted molar refractivity (Wildman–Crippen MR) is 147 cm³/mol. The number of halogens is 3. The molecule has 0 aliphatic carbocycles. The van der Waals surface area contributed by atoms with Gasteiger partial charge in [-0.2, -0.15) is 13.2 Å². The summed E-state index contributed by atoms with van der Waals surface area (Å²) in [7, 11) is 0. The van der Waals surface area contributed by atoms with Crippen molar-refractivity contribution >= 4 is 40.8 Å². The molecule has 0 aliphatic heterocycles. The Morgan fingerprint density at radius 1 is 1.05 bits per heavy atom. The van der Waals surface area contributed by atoms with Crippen LogP contribution in [0.15, 0.2) is 82.6 Å². The Morgan fingerprint density at radius 2 is 1.76 bits per heavy atom. The van der Waals surface area contributed by atoms with Crippen molar-refractivity contribution in [1.82, 2.24) is 4.98 Å². The smallest absolute Gasteiger partial charge is 0.416 e. The van der Waals surface area contributed by atoms with Gasteiger partial charge in [0.2, 0.25) is 0 Å². The summed E-state index contributed by atoms with van der Waals surface area (Å²) in [6.45, 7) is 3.54. The molecule has 0 aliphatic rings. The first-order chi connectivity index (χ1) is 18.1. The Labute approximate surface area is 231 Å². The number of hydrogen-bond donors (Lipinski definition) is 1. The van der Waals surface area contributed by atoms with Gasteiger partial charge in [-0.3, -0.25) is 0 Å². The van der Waals surface area contributed by atoms with Crippen molar-refractivity contribution in [2.75, 3.05) is 6.61 Å². The fraction of sp³-hybridized carbons (Fsp3) is 0.214. The van der Waals surface area contributed by atoms with Crippen molar-refractivity contribution in [1.29, 1.82) is 0 Å². The molecular formula is C28H24F3NO3S3. The highest BCUT2D eigenvalue weighted by Gasteiger charge is 2.30. The Morgan fingerprint density at radius 3 is 2.39 bits per heavy atom. The summed E-state index contributed by atoms with van der Waals surface area (Å²) in [5.41, 5.74) is 1.69. The monoisotopic (exact) mass is 575 g/mol. The lowest BCUT2D eigenvalue weighted by molar-refractivity contribution is -0.139. The van der Waals surface area contributed by atoms with Gasteiger partial charge in [0.05, 0.1) is 11.3 Å². The average molecular weight is 576 g/mol. The maximum absolute atomic E-state index is 13.0. The number of carboxylic acids is 1. The van der Waals surface area contributed by atoms with Crippen molar-refractivity contribution in [2.45, 2.75) is 40.8 Å². The molecule has 1 unspecified atom stereocenters. The third-order valence-corrected chi connectivity index (χ3v) is 9.10. The van der Waals surface area contributed by atoms with Crippen molar-refractivity contribution in [3.63, 3.8) is 0 Å². The Balaban J connectivity index is 1.58. The number of carboxylic acid groups (broad SMARTS) is 1. The molecule has 0 bridgehead atoms. The van der Waals surface area contributed by atoms with Crippen molar-refractivity contribution in [3.8, 4) is 16.3 Å². The SMILES string of the molecule is Cc1cc(SC(C)c2sc(-c3ccc(C(F)(F)F)cc3)nc2CSc2ccccc2)ccc1OCC(=O)O. The number of aliphatic carboxylic acids is 1. The molecule has 4 nitrogen and oxygen atoms in total. The van der Waals surface area contributed by atoms with Crippen molar-refractivity contribution < 1.29 is 27.8 Å². The molecule has 4 rings (SSSR count). The molecule has 10 heteroatoms. The summed E-state index contributed by atoms with van der Waals surface area (Å²) in [6.07, 6.45) is -4.39. The molecule has 4 aromatic rings. The molecule has 0 saturated heterocycles. The molecule has 1 N–H and O–H groups in total. The van der Waals surface area contributed by atoms with E-state index in [0.29, 0.717) is 22.1 Å². The van der Waals surface area contributed by atoms with Crippen LogP contribution < -0.4 is 4.74 Å². The molecule has 0 fully saturated rings. The summed E-state index contributed by atoms with van der Waals surface area (Å²) in [4.78, 5) is 18.8. The van der Waals surface area contributed by atoms with E-state index in [0.717, 1.165) is 38.1 Å². The van der Waals surface area contributed by atoms with E-state index in [1.54, 1.807) is 29.6 Å². The molecule has 1 heterocycles. The van der Waals surface area contributed by atoms with Gasteiger partial charge in [-0.1, -0.05) is 30.3 Å². The zero-order valence-corrected chi connectivity index (χ0v) is 22.9. The second kappa shape index (κ2) is 12.3. The standard InChI is InChI=1S/C28H24F3NO3S3/c1-17-14-22(12-13-24(17)35-15-25(33)34)37-18(2)26-23(16-36-21-6-4-3-5-7-21)32-27(38-26)19-8-10-20(11-9-19)28(29,30)31/h3-14,18H,15-16H2,1-2H3,(H,33,34). The number of aryl methyl sites for hydroxylation is 1. The molecule has 0 radical (unpaired) electrons. The molecule has 0 amide bonds. The number of rotatable bonds is 10. The number of alkyl halides is 3. The first-order valence-electron chi connectivity index (χ1n) is 11.6. The molecule has 198 valence electrons. The number of benzene rings is 3. The van der Waals surface area contributed by atoms with Crippen LogP contribution in [0.4, 0.5) is 13.2 Å². The Bertz CT molecular complexity index is 1390. The van der Waals surface area contributed by atoms with Crippen LogP contribution in [0.3, 0.4) is 0 Å². The maximum Gasteiger partial charge on any atom is 0.416 e. The van der Waals surface area contributed by atoms with Gasteiger partial charge in [0.15, 0.2) is 6.61 Å². The van der Waals surface area contributed by atoms with Gasteiger partial charge in [-0.25, -0.2) is 9.78 Å². The van der Waals surface area contributed by atoms with Crippen molar-refractivity contribution in [3.05, 3.63) is 94.5 Å². The maximum atomic E-state index is 13.0. The van der Waals surface area contributed by atoms with E-state index in [4.69, 9.17) is 14.8 Å². The van der Waals surface area contributed by atoms with E-state index in [9.17, 15) is 18.0 Å². The van der Waals surface area contributed by atoms with Crippen LogP contribution in [0.25, 0.3) is 10.6 Å². The van der Waals surface area contributed by atoms with Crippen LogP contribution in [-0.4, -0.2) is 22.7 Å². The van der Waals surface area contributed by atoms with Gasteiger partial charge in [0.1, 0.15) is 10.8 Å². The Kier molecular flexibility index (Phi) is 9.07. The largest absolute Gasteiger partial charge is 0.482 e. The van der Waals surface area contributed by atoms with E-state index >= 15 is 0 Å². The summed E-state index contributed by atoms with van der Waals surface area (Å²) in [5.74, 6) is 0.112. The zero-order chi connectivity index (χ0) is 27.3. The normalized spacial score (nSPS) is 12.3. The highest BCUT2D eigenvalue weighted by molar-refractivity contribution is 7.99. The predicted octanol–water partition coefficient (Wildman–Crippen LogP) is 8.75. The molecular weight excluding hydrogens is 552 g/mol. The van der Waals surface area contributed by atoms with Crippen LogP contribution in [0.2, 0.25) is 0 Å². The summed E-state index contributed by atoms with van der Waals surface area (Å²) in [5, 5.41) is 9.56. The third-order valence-electron chi connectivity index (χ3n) is 5.49. The molecule has 1 aromatic heterocycles. The van der Waals surface area contributed by atoms with Crippen LogP contribution in [0, 0.1) is 6.92 Å². The van der Waals surface area contributed by atoms with Gasteiger partial charge in [-0.05, 0) is 61.9 Å². The summed E-state index contributed by atoms with van der Waals surface area (Å²) in [6, 6.07) is 20.7. The lowest BCUT2D eigenvalue weighted by atomic mass is 10.1. The van der Waals surface area contributed by atoms with Gasteiger partial charge >= 0.3 is 12.1 Å². The fourth-order valence-electron chi connectivity index (χ4n) is 3.63. The van der Waals surface area contributed by atoms with E-state index in [1.165, 1.54) is 23.5 Å². The summed E-state index contributed by atoms with van der Waals surface area (Å²) < 4.78 is 44.5. The second-order valence-corrected chi connectivity index (χ2v) is 11.9. The molecule has 38 heavy (non-hydrogen) atoms. The number of aromatic nitrogens is 1. The number of ether oxygens (including phenoxy) is 1. The minimum absolute atomic E-state index is 0.0206. The van der Waals surface area contributed by atoms with Crippen LogP contribution in [0.1, 0.15) is 33.9 Å². The van der Waals surface area contributed by atoms with Gasteiger partial charge < -0.3 is 9.84 Å². The highest BCUT2D eigenvalue weighted by Crippen LogP contribution is 2.44. The zero-order valence-electron chi connectivity index (χ0n) is 20.5. The van der Waals surface area contributed by atoms with Crippen LogP contribution >= 0.6 is 34.9 Å². The van der Waals surface area contributed by atoms with E-state index in [2.05, 4.69) is 6.92 Å². The number of thiazole rings is 1. The summed E-state index contributed by atoms with van der Waals surface area (Å²) >= 11 is 4.78. The van der Waals surface area contributed by atoms with Crippen LogP contribution in [0.5, 0.6) is 5.75 Å². The lowest BCUT2D eigenvalue weighted by Crippen LogP contribution is -2.10. The van der Waals surface area contributed by atoms with Crippen LogP contribution in [-0.2, 0) is 16.7 Å². The molecule has 1 atom stereocenters. The minimum Gasteiger partial charge on any atom is -0.482 e. The highest BCUT2D eigenvalue weighted by atomic mass is 32.2. The number of thioether (sulfide) groups is 2. The average Bonchev–Trinajstić information content (AvgIpc) is 3.31. The second-order valence-electron chi connectivity index (χ2n) is 8.38. The van der Waals surface area contributed by atoms with Crippen molar-refractivity contribution in [2.24, 2.45) is 0 Å². The fourth-order valence-corrected chi connectivity index (χ4v) is 6.95. The molecule has 0 spiro atoms. The number of nitrogens with zero attached hydrogens (tertiary/aromatic N) is 1. The van der Waals surface area contributed by atoms with E-state index in [-0.39, 0.29) is 5.25 Å².